The van der Waals surface area contributed by atoms with Gasteiger partial charge in [0.25, 0.3) is 5.91 Å². The SMILES string of the molecule is Cc1ccc(NC(=O)c2ccc(Oc3ccc(Br)cc3)nc2)c(O)c1. The molecule has 0 unspecified atom stereocenters. The van der Waals surface area contributed by atoms with Gasteiger partial charge in [-0.3, -0.25) is 4.79 Å². The third-order valence-corrected chi connectivity index (χ3v) is 3.96. The number of phenolic OH excluding ortho intramolecular Hbond substituents is 1. The highest BCUT2D eigenvalue weighted by atomic mass is 79.9. The summed E-state index contributed by atoms with van der Waals surface area (Å²) in [5, 5.41) is 12.5. The molecule has 0 fully saturated rings. The van der Waals surface area contributed by atoms with Crippen molar-refractivity contribution in [3.05, 3.63) is 76.4 Å². The minimum atomic E-state index is -0.359. The summed E-state index contributed by atoms with van der Waals surface area (Å²) in [5.41, 5.74) is 1.63. The number of hydrogen-bond donors (Lipinski definition) is 2. The molecule has 5 nitrogen and oxygen atoms in total. The van der Waals surface area contributed by atoms with Crippen molar-refractivity contribution in [1.82, 2.24) is 4.98 Å². The molecule has 2 N–H and O–H groups in total. The number of carbonyl (C=O) groups is 1. The van der Waals surface area contributed by atoms with Crippen molar-refractivity contribution >= 4 is 27.5 Å². The van der Waals surface area contributed by atoms with Crippen LogP contribution >= 0.6 is 15.9 Å². The molecule has 0 saturated carbocycles. The zero-order chi connectivity index (χ0) is 17.8. The van der Waals surface area contributed by atoms with E-state index < -0.39 is 0 Å². The Bertz CT molecular complexity index is 894. The Kier molecular flexibility index (Phi) is 5.00. The van der Waals surface area contributed by atoms with Crippen molar-refractivity contribution in [2.45, 2.75) is 6.92 Å². The summed E-state index contributed by atoms with van der Waals surface area (Å²) in [6.07, 6.45) is 1.43. The van der Waals surface area contributed by atoms with Gasteiger partial charge in [-0.05, 0) is 55.0 Å². The van der Waals surface area contributed by atoms with Gasteiger partial charge >= 0.3 is 0 Å². The van der Waals surface area contributed by atoms with Crippen LogP contribution in [-0.4, -0.2) is 16.0 Å². The number of halogens is 1. The molecule has 3 aromatic rings. The number of aryl methyl sites for hydroxylation is 1. The number of phenols is 1. The lowest BCUT2D eigenvalue weighted by molar-refractivity contribution is 0.102. The van der Waals surface area contributed by atoms with Crippen molar-refractivity contribution < 1.29 is 14.6 Å². The number of nitrogens with one attached hydrogen (secondary N) is 1. The normalized spacial score (nSPS) is 10.3. The summed E-state index contributed by atoms with van der Waals surface area (Å²) in [5.74, 6) is 0.702. The average molecular weight is 399 g/mol. The predicted octanol–water partition coefficient (Wildman–Crippen LogP) is 4.90. The van der Waals surface area contributed by atoms with Gasteiger partial charge in [0.05, 0.1) is 11.3 Å². The van der Waals surface area contributed by atoms with E-state index in [-0.39, 0.29) is 11.7 Å². The minimum absolute atomic E-state index is 0.0245. The number of anilines is 1. The lowest BCUT2D eigenvalue weighted by Gasteiger charge is -2.09. The number of aromatic nitrogens is 1. The largest absolute Gasteiger partial charge is 0.506 e. The maximum atomic E-state index is 12.3. The zero-order valence-electron chi connectivity index (χ0n) is 13.4. The highest BCUT2D eigenvalue weighted by Gasteiger charge is 2.10. The average Bonchev–Trinajstić information content (AvgIpc) is 2.60. The summed E-state index contributed by atoms with van der Waals surface area (Å²) in [7, 11) is 0. The van der Waals surface area contributed by atoms with Gasteiger partial charge in [-0.2, -0.15) is 0 Å². The van der Waals surface area contributed by atoms with E-state index in [1.165, 1.54) is 6.20 Å². The molecule has 0 aliphatic heterocycles. The van der Waals surface area contributed by atoms with E-state index in [4.69, 9.17) is 4.74 Å². The van der Waals surface area contributed by atoms with E-state index in [2.05, 4.69) is 26.2 Å². The maximum Gasteiger partial charge on any atom is 0.257 e. The number of ether oxygens (including phenoxy) is 1. The zero-order valence-corrected chi connectivity index (χ0v) is 14.9. The fourth-order valence-corrected chi connectivity index (χ4v) is 2.40. The van der Waals surface area contributed by atoms with Crippen LogP contribution in [0.2, 0.25) is 0 Å². The van der Waals surface area contributed by atoms with E-state index in [0.717, 1.165) is 10.0 Å². The quantitative estimate of drug-likeness (QED) is 0.612. The predicted molar refractivity (Wildman–Crippen MR) is 99.3 cm³/mol. The van der Waals surface area contributed by atoms with Crippen LogP contribution in [0.5, 0.6) is 17.4 Å². The molecule has 3 rings (SSSR count). The molecule has 0 atom stereocenters. The van der Waals surface area contributed by atoms with Crippen molar-refractivity contribution in [2.24, 2.45) is 0 Å². The molecule has 1 heterocycles. The molecule has 126 valence electrons. The summed E-state index contributed by atoms with van der Waals surface area (Å²) < 4.78 is 6.57. The summed E-state index contributed by atoms with van der Waals surface area (Å²) >= 11 is 3.36. The number of rotatable bonds is 4. The number of amides is 1. The fourth-order valence-electron chi connectivity index (χ4n) is 2.14. The van der Waals surface area contributed by atoms with E-state index in [9.17, 15) is 9.90 Å². The van der Waals surface area contributed by atoms with Crippen molar-refractivity contribution in [1.29, 1.82) is 0 Å². The maximum absolute atomic E-state index is 12.3. The summed E-state index contributed by atoms with van der Waals surface area (Å²) in [6.45, 7) is 1.86. The van der Waals surface area contributed by atoms with Gasteiger partial charge in [-0.25, -0.2) is 4.98 Å². The Morgan fingerprint density at radius 3 is 2.52 bits per heavy atom. The second kappa shape index (κ2) is 7.36. The summed E-state index contributed by atoms with van der Waals surface area (Å²) in [4.78, 5) is 16.4. The minimum Gasteiger partial charge on any atom is -0.506 e. The van der Waals surface area contributed by atoms with E-state index in [0.29, 0.717) is 22.9 Å². The van der Waals surface area contributed by atoms with Crippen molar-refractivity contribution in [2.75, 3.05) is 5.32 Å². The van der Waals surface area contributed by atoms with Gasteiger partial charge < -0.3 is 15.2 Å². The van der Waals surface area contributed by atoms with Gasteiger partial charge in [0.15, 0.2) is 0 Å². The van der Waals surface area contributed by atoms with E-state index in [1.807, 2.05) is 37.3 Å². The second-order valence-corrected chi connectivity index (χ2v) is 6.33. The lowest BCUT2D eigenvalue weighted by atomic mass is 10.2. The van der Waals surface area contributed by atoms with Gasteiger partial charge in [0.2, 0.25) is 5.88 Å². The van der Waals surface area contributed by atoms with E-state index >= 15 is 0 Å². The number of benzene rings is 2. The fraction of sp³-hybridized carbons (Fsp3) is 0.0526. The number of aromatic hydroxyl groups is 1. The lowest BCUT2D eigenvalue weighted by Crippen LogP contribution is -2.12. The molecule has 0 spiro atoms. The Hall–Kier alpha value is -2.86. The first-order valence-electron chi connectivity index (χ1n) is 7.52. The van der Waals surface area contributed by atoms with Crippen LogP contribution < -0.4 is 10.1 Å². The van der Waals surface area contributed by atoms with Crippen LogP contribution in [0.25, 0.3) is 0 Å². The molecular formula is C19H15BrN2O3. The number of pyridine rings is 1. The number of carbonyl (C=O) groups excluding carboxylic acids is 1. The van der Waals surface area contributed by atoms with Crippen LogP contribution in [0.15, 0.2) is 65.3 Å². The molecule has 0 saturated heterocycles. The molecule has 0 aliphatic carbocycles. The monoisotopic (exact) mass is 398 g/mol. The second-order valence-electron chi connectivity index (χ2n) is 5.42. The van der Waals surface area contributed by atoms with Crippen molar-refractivity contribution in [3.63, 3.8) is 0 Å². The molecule has 0 radical (unpaired) electrons. The van der Waals surface area contributed by atoms with Gasteiger partial charge in [0.1, 0.15) is 11.5 Å². The molecule has 1 aromatic heterocycles. The highest BCUT2D eigenvalue weighted by molar-refractivity contribution is 9.10. The van der Waals surface area contributed by atoms with Crippen LogP contribution in [-0.2, 0) is 0 Å². The smallest absolute Gasteiger partial charge is 0.257 e. The van der Waals surface area contributed by atoms with E-state index in [1.54, 1.807) is 24.3 Å². The third-order valence-electron chi connectivity index (χ3n) is 3.44. The van der Waals surface area contributed by atoms with Crippen molar-refractivity contribution in [3.8, 4) is 17.4 Å². The first kappa shape index (κ1) is 17.0. The Morgan fingerprint density at radius 2 is 1.88 bits per heavy atom. The molecule has 2 aromatic carbocycles. The molecule has 0 aliphatic rings. The Morgan fingerprint density at radius 1 is 1.12 bits per heavy atom. The van der Waals surface area contributed by atoms with Gasteiger partial charge in [-0.1, -0.05) is 22.0 Å². The van der Waals surface area contributed by atoms with Crippen LogP contribution in [0.1, 0.15) is 15.9 Å². The Labute approximate surface area is 153 Å². The van der Waals surface area contributed by atoms with Gasteiger partial charge in [0, 0.05) is 16.7 Å². The first-order chi connectivity index (χ1) is 12.0. The Balaban J connectivity index is 1.68. The molecular weight excluding hydrogens is 384 g/mol. The standard InChI is InChI=1S/C19H15BrN2O3/c1-12-2-8-16(17(23)10-12)22-19(24)13-3-9-18(21-11-13)25-15-6-4-14(20)5-7-15/h2-11,23H,1H3,(H,22,24). The van der Waals surface area contributed by atoms with Gasteiger partial charge in [-0.15, -0.1) is 0 Å². The van der Waals surface area contributed by atoms with Crippen LogP contribution in [0.4, 0.5) is 5.69 Å². The topological polar surface area (TPSA) is 71.5 Å². The van der Waals surface area contributed by atoms with Crippen LogP contribution in [0.3, 0.4) is 0 Å². The number of nitrogens with zero attached hydrogens (tertiary/aromatic N) is 1. The molecule has 25 heavy (non-hydrogen) atoms. The third kappa shape index (κ3) is 4.36. The highest BCUT2D eigenvalue weighted by Crippen LogP contribution is 2.25. The number of hydrogen-bond acceptors (Lipinski definition) is 4. The first-order valence-corrected chi connectivity index (χ1v) is 8.31. The molecule has 0 bridgehead atoms. The molecule has 1 amide bonds. The molecule has 6 heteroatoms. The van der Waals surface area contributed by atoms with Crippen LogP contribution in [0, 0.1) is 6.92 Å². The summed E-state index contributed by atoms with van der Waals surface area (Å²) in [6, 6.07) is 15.6.